The molecule has 0 amide bonds. The molecule has 1 heterocycles. The minimum absolute atomic E-state index is 0.420. The van der Waals surface area contributed by atoms with Gasteiger partial charge in [0.25, 0.3) is 0 Å². The molecule has 2 N–H and O–H groups in total. The first kappa shape index (κ1) is 12.3. The second-order valence-corrected chi connectivity index (χ2v) is 5.37. The Labute approximate surface area is 114 Å². The van der Waals surface area contributed by atoms with Crippen molar-refractivity contribution in [3.63, 3.8) is 0 Å². The van der Waals surface area contributed by atoms with Crippen LogP contribution in [0.15, 0.2) is 29.3 Å². The van der Waals surface area contributed by atoms with Crippen LogP contribution in [-0.4, -0.2) is 24.7 Å². The Bertz CT molecular complexity index is 468. The summed E-state index contributed by atoms with van der Waals surface area (Å²) >= 11 is 0. The minimum atomic E-state index is 0.420. The summed E-state index contributed by atoms with van der Waals surface area (Å²) < 4.78 is 6.02. The van der Waals surface area contributed by atoms with Crippen molar-refractivity contribution in [3.8, 4) is 5.75 Å². The topological polar surface area (TPSA) is 45.7 Å². The number of nitrogens with one attached hydrogen (secondary N) is 2. The fourth-order valence-electron chi connectivity index (χ4n) is 2.27. The van der Waals surface area contributed by atoms with Gasteiger partial charge in [-0.2, -0.15) is 0 Å². The van der Waals surface area contributed by atoms with E-state index < -0.39 is 0 Å². The van der Waals surface area contributed by atoms with E-state index in [1.165, 1.54) is 24.8 Å². The summed E-state index contributed by atoms with van der Waals surface area (Å²) in [7, 11) is 0. The average molecular weight is 259 g/mol. The van der Waals surface area contributed by atoms with Crippen LogP contribution < -0.4 is 15.4 Å². The zero-order valence-electron chi connectivity index (χ0n) is 11.4. The van der Waals surface area contributed by atoms with E-state index in [-0.39, 0.29) is 0 Å². The van der Waals surface area contributed by atoms with Crippen LogP contribution in [-0.2, 0) is 6.54 Å². The second kappa shape index (κ2) is 5.51. The first-order valence-corrected chi connectivity index (χ1v) is 7.10. The molecule has 1 aliphatic heterocycles. The number of ether oxygens (including phenoxy) is 1. The van der Waals surface area contributed by atoms with E-state index in [1.54, 1.807) is 0 Å². The third kappa shape index (κ3) is 3.00. The molecule has 1 aliphatic carbocycles. The Kier molecular flexibility index (Phi) is 3.58. The standard InChI is InChI=1S/C15H21N3O/c1-11-9-16-15(18-11)17-10-12-5-2-3-8-14(12)19-13-6-4-7-13/h2-3,5,8,11,13H,4,6-7,9-10H2,1H3,(H2,16,17,18). The number of hydrogen-bond acceptors (Lipinski definition) is 4. The molecule has 0 bridgehead atoms. The number of para-hydroxylation sites is 1. The highest BCUT2D eigenvalue weighted by Gasteiger charge is 2.20. The van der Waals surface area contributed by atoms with Crippen LogP contribution in [0.2, 0.25) is 0 Å². The van der Waals surface area contributed by atoms with Gasteiger partial charge in [0.1, 0.15) is 5.75 Å². The zero-order valence-corrected chi connectivity index (χ0v) is 11.4. The minimum Gasteiger partial charge on any atom is -0.490 e. The lowest BCUT2D eigenvalue weighted by molar-refractivity contribution is 0.119. The smallest absolute Gasteiger partial charge is 0.191 e. The number of nitrogens with zero attached hydrogens (tertiary/aromatic N) is 1. The Morgan fingerprint density at radius 1 is 1.37 bits per heavy atom. The summed E-state index contributed by atoms with van der Waals surface area (Å²) in [5.74, 6) is 1.90. The predicted molar refractivity (Wildman–Crippen MR) is 76.4 cm³/mol. The highest BCUT2D eigenvalue weighted by molar-refractivity contribution is 5.81. The molecular weight excluding hydrogens is 238 g/mol. The Hall–Kier alpha value is -1.71. The highest BCUT2D eigenvalue weighted by atomic mass is 16.5. The van der Waals surface area contributed by atoms with Gasteiger partial charge in [-0.05, 0) is 32.3 Å². The molecule has 4 nitrogen and oxygen atoms in total. The van der Waals surface area contributed by atoms with Crippen LogP contribution in [0.1, 0.15) is 31.7 Å². The van der Waals surface area contributed by atoms with Crippen LogP contribution in [0, 0.1) is 0 Å². The molecule has 3 rings (SSSR count). The van der Waals surface area contributed by atoms with Gasteiger partial charge in [-0.1, -0.05) is 18.2 Å². The SMILES string of the molecule is CC1CN=C(NCc2ccccc2OC2CCC2)N1. The molecule has 102 valence electrons. The monoisotopic (exact) mass is 259 g/mol. The largest absolute Gasteiger partial charge is 0.490 e. The molecule has 0 radical (unpaired) electrons. The van der Waals surface area contributed by atoms with Crippen LogP contribution in [0.4, 0.5) is 0 Å². The van der Waals surface area contributed by atoms with E-state index in [2.05, 4.69) is 40.7 Å². The number of benzene rings is 1. The molecule has 0 aromatic heterocycles. The summed E-state index contributed by atoms with van der Waals surface area (Å²) in [6.45, 7) is 3.73. The molecular formula is C15H21N3O. The van der Waals surface area contributed by atoms with Crippen molar-refractivity contribution in [2.75, 3.05) is 6.54 Å². The summed E-state index contributed by atoms with van der Waals surface area (Å²) in [6.07, 6.45) is 4.09. The van der Waals surface area contributed by atoms with Gasteiger partial charge < -0.3 is 15.4 Å². The van der Waals surface area contributed by atoms with Gasteiger partial charge in [0, 0.05) is 18.2 Å². The van der Waals surface area contributed by atoms with Gasteiger partial charge in [-0.25, -0.2) is 0 Å². The first-order valence-electron chi connectivity index (χ1n) is 7.10. The maximum Gasteiger partial charge on any atom is 0.191 e. The van der Waals surface area contributed by atoms with Gasteiger partial charge in [0.05, 0.1) is 12.6 Å². The maximum absolute atomic E-state index is 6.02. The van der Waals surface area contributed by atoms with Crippen molar-refractivity contribution in [1.82, 2.24) is 10.6 Å². The van der Waals surface area contributed by atoms with Gasteiger partial charge in [0.2, 0.25) is 0 Å². The third-order valence-corrected chi connectivity index (χ3v) is 3.67. The van der Waals surface area contributed by atoms with Crippen LogP contribution in [0.25, 0.3) is 0 Å². The summed E-state index contributed by atoms with van der Waals surface area (Å²) in [5.41, 5.74) is 1.19. The maximum atomic E-state index is 6.02. The summed E-state index contributed by atoms with van der Waals surface area (Å²) in [5, 5.41) is 6.64. The molecule has 1 aromatic carbocycles. The normalized spacial score (nSPS) is 22.4. The quantitative estimate of drug-likeness (QED) is 0.870. The zero-order chi connectivity index (χ0) is 13.1. The third-order valence-electron chi connectivity index (χ3n) is 3.67. The van der Waals surface area contributed by atoms with Gasteiger partial charge in [-0.15, -0.1) is 0 Å². The van der Waals surface area contributed by atoms with Gasteiger partial charge in [-0.3, -0.25) is 4.99 Å². The lowest BCUT2D eigenvalue weighted by atomic mass is 9.96. The predicted octanol–water partition coefficient (Wildman–Crippen LogP) is 2.06. The fraction of sp³-hybridized carbons (Fsp3) is 0.533. The molecule has 2 aliphatic rings. The number of rotatable bonds is 4. The fourth-order valence-corrected chi connectivity index (χ4v) is 2.27. The van der Waals surface area contributed by atoms with Crippen LogP contribution >= 0.6 is 0 Å². The lowest BCUT2D eigenvalue weighted by Crippen LogP contribution is -2.37. The summed E-state index contributed by atoms with van der Waals surface area (Å²) in [6, 6.07) is 8.69. The van der Waals surface area contributed by atoms with Crippen molar-refractivity contribution >= 4 is 5.96 Å². The van der Waals surface area contributed by atoms with Crippen LogP contribution in [0.5, 0.6) is 5.75 Å². The Balaban J connectivity index is 1.60. The highest BCUT2D eigenvalue weighted by Crippen LogP contribution is 2.27. The van der Waals surface area contributed by atoms with Crippen LogP contribution in [0.3, 0.4) is 0 Å². The molecule has 0 saturated heterocycles. The molecule has 1 saturated carbocycles. The van der Waals surface area contributed by atoms with Gasteiger partial charge in [0.15, 0.2) is 5.96 Å². The molecule has 19 heavy (non-hydrogen) atoms. The van der Waals surface area contributed by atoms with E-state index in [9.17, 15) is 0 Å². The Morgan fingerprint density at radius 2 is 2.21 bits per heavy atom. The molecule has 1 aromatic rings. The van der Waals surface area contributed by atoms with E-state index in [4.69, 9.17) is 4.74 Å². The molecule has 1 fully saturated rings. The molecule has 1 atom stereocenters. The van der Waals surface area contributed by atoms with E-state index in [0.29, 0.717) is 12.1 Å². The number of guanidine groups is 1. The summed E-state index contributed by atoms with van der Waals surface area (Å²) in [4.78, 5) is 4.40. The van der Waals surface area contributed by atoms with E-state index in [1.807, 2.05) is 6.07 Å². The average Bonchev–Trinajstić information content (AvgIpc) is 2.78. The molecule has 4 heteroatoms. The second-order valence-electron chi connectivity index (χ2n) is 5.37. The van der Waals surface area contributed by atoms with Crippen molar-refractivity contribution in [1.29, 1.82) is 0 Å². The van der Waals surface area contributed by atoms with E-state index >= 15 is 0 Å². The van der Waals surface area contributed by atoms with Crippen molar-refractivity contribution < 1.29 is 4.74 Å². The first-order chi connectivity index (χ1) is 9.31. The van der Waals surface area contributed by atoms with Crippen molar-refractivity contribution in [2.24, 2.45) is 4.99 Å². The van der Waals surface area contributed by atoms with Crippen molar-refractivity contribution in [2.45, 2.75) is 44.9 Å². The Morgan fingerprint density at radius 3 is 2.89 bits per heavy atom. The van der Waals surface area contributed by atoms with E-state index in [0.717, 1.165) is 24.8 Å². The molecule has 1 unspecified atom stereocenters. The number of hydrogen-bond donors (Lipinski definition) is 2. The van der Waals surface area contributed by atoms with Crippen molar-refractivity contribution in [3.05, 3.63) is 29.8 Å². The number of aliphatic imine (C=N–C) groups is 1. The van der Waals surface area contributed by atoms with Gasteiger partial charge >= 0.3 is 0 Å². The lowest BCUT2D eigenvalue weighted by Gasteiger charge is -2.27. The molecule has 0 spiro atoms.